The smallest absolute Gasteiger partial charge is 0.410 e. The molecule has 0 aliphatic rings. The molecule has 0 rings (SSSR count). The van der Waals surface area contributed by atoms with Gasteiger partial charge in [0, 0.05) is 14.5 Å². The minimum absolute atomic E-state index is 0.236. The molecule has 31 heavy (non-hydrogen) atoms. The highest BCUT2D eigenvalue weighted by atomic mass is 28.3. The number of rotatable bonds is 11. The molecule has 1 N–H and O–H groups in total. The molecule has 0 heterocycles. The number of carboxylic acids is 1. The van der Waals surface area contributed by atoms with Gasteiger partial charge in [0.2, 0.25) is 0 Å². The van der Waals surface area contributed by atoms with E-state index in [-0.39, 0.29) is 6.04 Å². The molecule has 2 nitrogen and oxygen atoms in total. The maximum absolute atomic E-state index is 13.6. The van der Waals surface area contributed by atoms with Crippen LogP contribution in [0.1, 0.15) is 12.8 Å². The van der Waals surface area contributed by atoms with Gasteiger partial charge in [-0.05, 0) is 6.42 Å². The van der Waals surface area contributed by atoms with Crippen molar-refractivity contribution in [3.8, 4) is 0 Å². The van der Waals surface area contributed by atoms with Gasteiger partial charge in [-0.2, -0.15) is 61.5 Å². The second-order valence-electron chi connectivity index (χ2n) is 7.87. The second-order valence-corrected chi connectivity index (χ2v) is 13.5. The van der Waals surface area contributed by atoms with Gasteiger partial charge in [-0.15, -0.1) is 0 Å². The molecule has 0 saturated carbocycles. The van der Waals surface area contributed by atoms with Crippen LogP contribution in [0, 0.1) is 0 Å². The fourth-order valence-electron chi connectivity index (χ4n) is 2.15. The highest BCUT2D eigenvalue weighted by Gasteiger charge is 2.93. The van der Waals surface area contributed by atoms with Crippen molar-refractivity contribution in [2.45, 2.75) is 80.0 Å². The number of aliphatic carboxylic acids is 1. The summed E-state index contributed by atoms with van der Waals surface area (Å²) in [5, 5.41) is 7.80. The summed E-state index contributed by atoms with van der Waals surface area (Å²) in [6.07, 6.45) is -3.22. The summed E-state index contributed by atoms with van der Waals surface area (Å²) in [4.78, 5) is 9.99. The van der Waals surface area contributed by atoms with Crippen LogP contribution in [0.15, 0.2) is 0 Å². The molecule has 0 aliphatic carbocycles. The Balaban J connectivity index is 6.34. The highest BCUT2D eigenvalue weighted by molar-refractivity contribution is 6.76. The van der Waals surface area contributed by atoms with Crippen molar-refractivity contribution in [3.63, 3.8) is 0 Å². The third-order valence-electron chi connectivity index (χ3n) is 4.12. The largest absolute Gasteiger partial charge is 0.477 e. The lowest BCUT2D eigenvalue weighted by Gasteiger charge is -2.42. The van der Waals surface area contributed by atoms with E-state index in [4.69, 9.17) is 5.11 Å². The van der Waals surface area contributed by atoms with Crippen LogP contribution in [0.2, 0.25) is 25.7 Å². The number of alkyl halides is 14. The molecule has 0 aromatic rings. The lowest BCUT2D eigenvalue weighted by molar-refractivity contribution is -0.438. The molecule has 0 saturated heterocycles. The number of hydrogen-bond donors (Lipinski definition) is 1. The van der Waals surface area contributed by atoms with Crippen molar-refractivity contribution < 1.29 is 71.4 Å². The predicted molar refractivity (Wildman–Crippen MR) is 79.7 cm³/mol. The fourth-order valence-corrected chi connectivity index (χ4v) is 3.39. The van der Waals surface area contributed by atoms with Gasteiger partial charge in [-0.3, -0.25) is 0 Å². The van der Waals surface area contributed by atoms with E-state index >= 15 is 0 Å². The van der Waals surface area contributed by atoms with Gasteiger partial charge in [0.05, 0.1) is 0 Å². The SMILES string of the molecule is C[Si](C)(C)CCCC(F)(F)C(F)(F)C(F)(F)C(F)(F)C(F)(F)C(F)(F)C(F)(F)C(=O)O. The minimum atomic E-state index is -8.24. The van der Waals surface area contributed by atoms with Crippen molar-refractivity contribution in [1.29, 1.82) is 0 Å². The molecule has 0 spiro atoms. The third-order valence-corrected chi connectivity index (χ3v) is 5.97. The summed E-state index contributed by atoms with van der Waals surface area (Å²) >= 11 is 0. The number of hydrogen-bond acceptors (Lipinski definition) is 1. The van der Waals surface area contributed by atoms with E-state index in [0.29, 0.717) is 0 Å². The summed E-state index contributed by atoms with van der Waals surface area (Å²) in [6.45, 7) is 4.53. The summed E-state index contributed by atoms with van der Waals surface area (Å²) in [5.74, 6) is -57.3. The second kappa shape index (κ2) is 7.93. The van der Waals surface area contributed by atoms with Gasteiger partial charge in [0.25, 0.3) is 0 Å². The topological polar surface area (TPSA) is 37.3 Å². The first-order chi connectivity index (χ1) is 13.2. The molecule has 0 radical (unpaired) electrons. The average molecular weight is 510 g/mol. The van der Waals surface area contributed by atoms with Crippen LogP contribution >= 0.6 is 0 Å². The average Bonchev–Trinajstić information content (AvgIpc) is 2.51. The van der Waals surface area contributed by atoms with E-state index in [1.807, 2.05) is 0 Å². The monoisotopic (exact) mass is 510 g/mol. The maximum atomic E-state index is 13.6. The van der Waals surface area contributed by atoms with E-state index in [0.717, 1.165) is 0 Å². The molecule has 0 bridgehead atoms. The number of carboxylic acid groups (broad SMARTS) is 1. The van der Waals surface area contributed by atoms with E-state index in [2.05, 4.69) is 0 Å². The van der Waals surface area contributed by atoms with Crippen LogP contribution < -0.4 is 0 Å². The van der Waals surface area contributed by atoms with Gasteiger partial charge in [0.15, 0.2) is 0 Å². The van der Waals surface area contributed by atoms with Crippen molar-refractivity contribution in [2.75, 3.05) is 0 Å². The number of halogens is 14. The summed E-state index contributed by atoms with van der Waals surface area (Å²) < 4.78 is 187. The Morgan fingerprint density at radius 2 is 0.968 bits per heavy atom. The molecule has 17 heteroatoms. The molecule has 186 valence electrons. The molecular weight excluding hydrogens is 494 g/mol. The first-order valence-corrected chi connectivity index (χ1v) is 11.7. The van der Waals surface area contributed by atoms with Gasteiger partial charge < -0.3 is 5.11 Å². The van der Waals surface area contributed by atoms with Crippen LogP contribution in [0.5, 0.6) is 0 Å². The molecule has 0 amide bonds. The zero-order chi connectivity index (χ0) is 25.7. The Bertz CT molecular complexity index is 668. The molecular formula is C14H16F14O2Si. The Labute approximate surface area is 166 Å². The van der Waals surface area contributed by atoms with Gasteiger partial charge >= 0.3 is 47.4 Å². The Morgan fingerprint density at radius 3 is 1.29 bits per heavy atom. The van der Waals surface area contributed by atoms with Crippen molar-refractivity contribution in [1.82, 2.24) is 0 Å². The van der Waals surface area contributed by atoms with Crippen molar-refractivity contribution in [3.05, 3.63) is 0 Å². The van der Waals surface area contributed by atoms with Crippen LogP contribution in [-0.2, 0) is 4.79 Å². The third kappa shape index (κ3) is 4.60. The maximum Gasteiger partial charge on any atom is 0.410 e. The molecule has 0 aromatic heterocycles. The normalized spacial score (nSPS) is 15.9. The molecule has 0 aromatic carbocycles. The zero-order valence-electron chi connectivity index (χ0n) is 15.8. The Kier molecular flexibility index (Phi) is 7.60. The first kappa shape index (κ1) is 29.7. The standard InChI is InChI=1S/C14H16F14O2Si/c1-31(2,3)6-4-5-8(15,16)10(19,20)12(23,24)14(27,28)13(25,26)11(21,22)9(17,18)7(29)30/h4-6H2,1-3H3,(H,29,30). The van der Waals surface area contributed by atoms with Gasteiger partial charge in [-0.1, -0.05) is 25.7 Å². The van der Waals surface area contributed by atoms with Crippen LogP contribution in [-0.4, -0.2) is 60.6 Å². The van der Waals surface area contributed by atoms with Crippen LogP contribution in [0.3, 0.4) is 0 Å². The van der Waals surface area contributed by atoms with E-state index in [1.54, 1.807) is 0 Å². The number of carbonyl (C=O) groups is 1. The zero-order valence-corrected chi connectivity index (χ0v) is 16.8. The fraction of sp³-hybridized carbons (Fsp3) is 0.929. The van der Waals surface area contributed by atoms with E-state index in [1.165, 1.54) is 19.6 Å². The molecule has 0 fully saturated rings. The van der Waals surface area contributed by atoms with Crippen LogP contribution in [0.25, 0.3) is 0 Å². The lowest BCUT2D eigenvalue weighted by atomic mass is 9.88. The van der Waals surface area contributed by atoms with Gasteiger partial charge in [0.1, 0.15) is 0 Å². The molecule has 0 aliphatic heterocycles. The van der Waals surface area contributed by atoms with E-state index < -0.39 is 68.3 Å². The quantitative estimate of drug-likeness (QED) is 0.250. The Morgan fingerprint density at radius 1 is 0.645 bits per heavy atom. The van der Waals surface area contributed by atoms with Crippen molar-refractivity contribution >= 4 is 14.0 Å². The minimum Gasteiger partial charge on any atom is -0.477 e. The summed E-state index contributed by atoms with van der Waals surface area (Å²) in [5.41, 5.74) is 0. The van der Waals surface area contributed by atoms with Crippen LogP contribution in [0.4, 0.5) is 61.5 Å². The van der Waals surface area contributed by atoms with E-state index in [9.17, 15) is 66.3 Å². The molecule has 0 unspecified atom stereocenters. The molecule has 0 atom stereocenters. The first-order valence-electron chi connectivity index (χ1n) is 8.03. The highest BCUT2D eigenvalue weighted by Crippen LogP contribution is 2.62. The lowest BCUT2D eigenvalue weighted by Crippen LogP contribution is -2.73. The van der Waals surface area contributed by atoms with Gasteiger partial charge in [-0.25, -0.2) is 4.79 Å². The summed E-state index contributed by atoms with van der Waals surface area (Å²) in [6, 6.07) is -0.236. The summed E-state index contributed by atoms with van der Waals surface area (Å²) in [7, 11) is -2.26. The Hall–Kier alpha value is -1.29. The van der Waals surface area contributed by atoms with Crippen molar-refractivity contribution in [2.24, 2.45) is 0 Å². The predicted octanol–water partition coefficient (Wildman–Crippen LogP) is 6.64.